The molecule has 0 saturated heterocycles. The molecule has 3 rings (SSSR count). The Labute approximate surface area is 147 Å². The molecule has 0 amide bonds. The number of halogens is 3. The molecule has 0 radical (unpaired) electrons. The highest BCUT2D eigenvalue weighted by Gasteiger charge is 2.11. The molecule has 0 aliphatic rings. The maximum atomic E-state index is 13.4. The average Bonchev–Trinajstić information content (AvgIpc) is 2.52. The number of nitrogen functional groups attached to an aromatic ring is 1. The molecule has 3 aromatic rings. The van der Waals surface area contributed by atoms with E-state index in [1.165, 1.54) is 24.3 Å². The summed E-state index contributed by atoms with van der Waals surface area (Å²) in [7, 11) is 0. The van der Waals surface area contributed by atoms with Gasteiger partial charge in [-0.3, -0.25) is 4.79 Å². The second-order valence-electron chi connectivity index (χ2n) is 5.19. The van der Waals surface area contributed by atoms with Crippen LogP contribution in [0.15, 0.2) is 53.3 Å². The first-order valence-corrected chi connectivity index (χ1v) is 7.78. The minimum absolute atomic E-state index is 0.313. The Bertz CT molecular complexity index is 949. The molecule has 0 aliphatic heterocycles. The Balaban J connectivity index is 2.02. The van der Waals surface area contributed by atoms with Crippen LogP contribution in [0, 0.1) is 5.82 Å². The van der Waals surface area contributed by atoms with Gasteiger partial charge in [-0.2, -0.15) is 9.78 Å². The normalized spacial score (nSPS) is 10.8. The Morgan fingerprint density at radius 1 is 1.08 bits per heavy atom. The van der Waals surface area contributed by atoms with E-state index in [1.54, 1.807) is 24.3 Å². The van der Waals surface area contributed by atoms with Crippen molar-refractivity contribution in [2.75, 3.05) is 5.73 Å². The summed E-state index contributed by atoms with van der Waals surface area (Å²) < 4.78 is 14.5. The molecular formula is C17H12Cl2FN3O. The van der Waals surface area contributed by atoms with Crippen LogP contribution >= 0.6 is 23.2 Å². The van der Waals surface area contributed by atoms with Crippen LogP contribution in [0.25, 0.3) is 5.69 Å². The molecule has 4 nitrogen and oxygen atoms in total. The zero-order valence-electron chi connectivity index (χ0n) is 12.3. The largest absolute Gasteiger partial charge is 0.399 e. The molecule has 0 aliphatic carbocycles. The number of hydrogen-bond acceptors (Lipinski definition) is 3. The lowest BCUT2D eigenvalue weighted by Crippen LogP contribution is -2.21. The lowest BCUT2D eigenvalue weighted by atomic mass is 10.1. The third-order valence-corrected chi connectivity index (χ3v) is 4.10. The van der Waals surface area contributed by atoms with Crippen molar-refractivity contribution in [3.63, 3.8) is 0 Å². The summed E-state index contributed by atoms with van der Waals surface area (Å²) in [5, 5.41) is 5.12. The quantitative estimate of drug-likeness (QED) is 0.718. The van der Waals surface area contributed by atoms with Gasteiger partial charge in [0.15, 0.2) is 0 Å². The summed E-state index contributed by atoms with van der Waals surface area (Å²) >= 11 is 12.4. The number of rotatable bonds is 3. The first-order chi connectivity index (χ1) is 11.4. The molecule has 24 heavy (non-hydrogen) atoms. The molecule has 0 spiro atoms. The SMILES string of the molecule is Nc1cc(Cl)c(Cc2ccc(=O)n(-c3cccc(F)c3)n2)c(Cl)c1. The van der Waals surface area contributed by atoms with E-state index in [2.05, 4.69) is 5.10 Å². The fraction of sp³-hybridized carbons (Fsp3) is 0.0588. The second-order valence-corrected chi connectivity index (χ2v) is 6.01. The standard InChI is InChI=1S/C17H12Cl2FN3O/c18-15-7-11(21)8-16(19)14(15)9-12-4-5-17(24)23(22-12)13-3-1-2-10(20)6-13/h1-8H,9,21H2. The van der Waals surface area contributed by atoms with E-state index in [9.17, 15) is 9.18 Å². The highest BCUT2D eigenvalue weighted by atomic mass is 35.5. The van der Waals surface area contributed by atoms with E-state index < -0.39 is 5.82 Å². The first kappa shape index (κ1) is 16.5. The van der Waals surface area contributed by atoms with Gasteiger partial charge in [-0.05, 0) is 42.0 Å². The van der Waals surface area contributed by atoms with Crippen LogP contribution in [0.1, 0.15) is 11.3 Å². The molecule has 1 aromatic heterocycles. The van der Waals surface area contributed by atoms with Gasteiger partial charge in [0, 0.05) is 28.2 Å². The molecule has 2 N–H and O–H groups in total. The van der Waals surface area contributed by atoms with Crippen LogP contribution in [0.2, 0.25) is 10.0 Å². The van der Waals surface area contributed by atoms with Crippen molar-refractivity contribution in [1.82, 2.24) is 9.78 Å². The number of aromatic nitrogens is 2. The van der Waals surface area contributed by atoms with Gasteiger partial charge < -0.3 is 5.73 Å². The highest BCUT2D eigenvalue weighted by molar-refractivity contribution is 6.36. The van der Waals surface area contributed by atoms with Gasteiger partial charge in [0.2, 0.25) is 0 Å². The monoisotopic (exact) mass is 363 g/mol. The topological polar surface area (TPSA) is 60.9 Å². The van der Waals surface area contributed by atoms with Crippen molar-refractivity contribution < 1.29 is 4.39 Å². The van der Waals surface area contributed by atoms with E-state index >= 15 is 0 Å². The fourth-order valence-electron chi connectivity index (χ4n) is 2.31. The fourth-order valence-corrected chi connectivity index (χ4v) is 2.95. The first-order valence-electron chi connectivity index (χ1n) is 7.02. The summed E-state index contributed by atoms with van der Waals surface area (Å²) in [4.78, 5) is 12.0. The van der Waals surface area contributed by atoms with Crippen molar-refractivity contribution in [3.8, 4) is 5.69 Å². The number of hydrogen-bond donors (Lipinski definition) is 1. The Morgan fingerprint density at radius 3 is 2.46 bits per heavy atom. The van der Waals surface area contributed by atoms with Gasteiger partial charge in [0.1, 0.15) is 5.82 Å². The summed E-state index contributed by atoms with van der Waals surface area (Å²) in [6.45, 7) is 0. The van der Waals surface area contributed by atoms with Gasteiger partial charge in [0.25, 0.3) is 5.56 Å². The molecule has 0 saturated carbocycles. The van der Waals surface area contributed by atoms with Crippen LogP contribution in [-0.4, -0.2) is 9.78 Å². The predicted molar refractivity (Wildman–Crippen MR) is 93.5 cm³/mol. The zero-order valence-corrected chi connectivity index (χ0v) is 13.9. The van der Waals surface area contributed by atoms with Gasteiger partial charge in [0.05, 0.1) is 11.4 Å². The molecule has 122 valence electrons. The van der Waals surface area contributed by atoms with Crippen LogP contribution in [-0.2, 0) is 6.42 Å². The van der Waals surface area contributed by atoms with E-state index in [-0.39, 0.29) is 5.56 Å². The zero-order chi connectivity index (χ0) is 17.3. The summed E-state index contributed by atoms with van der Waals surface area (Å²) in [6, 6.07) is 11.8. The predicted octanol–water partition coefficient (Wildman–Crippen LogP) is 3.85. The van der Waals surface area contributed by atoms with Gasteiger partial charge in [-0.25, -0.2) is 4.39 Å². The number of nitrogens with zero attached hydrogens (tertiary/aromatic N) is 2. The molecular weight excluding hydrogens is 352 g/mol. The van der Waals surface area contributed by atoms with Crippen LogP contribution in [0.3, 0.4) is 0 Å². The highest BCUT2D eigenvalue weighted by Crippen LogP contribution is 2.29. The molecule has 0 bridgehead atoms. The van der Waals surface area contributed by atoms with E-state index in [4.69, 9.17) is 28.9 Å². The van der Waals surface area contributed by atoms with Gasteiger partial charge in [-0.1, -0.05) is 29.3 Å². The van der Waals surface area contributed by atoms with Crippen LogP contribution in [0.4, 0.5) is 10.1 Å². The minimum Gasteiger partial charge on any atom is -0.399 e. The third kappa shape index (κ3) is 3.42. The van der Waals surface area contributed by atoms with E-state index in [1.807, 2.05) is 0 Å². The Morgan fingerprint density at radius 2 is 1.79 bits per heavy atom. The molecule has 0 fully saturated rings. The number of anilines is 1. The summed E-state index contributed by atoms with van der Waals surface area (Å²) in [6.07, 6.45) is 0.313. The summed E-state index contributed by atoms with van der Waals surface area (Å²) in [5.74, 6) is -0.448. The van der Waals surface area contributed by atoms with Gasteiger partial charge >= 0.3 is 0 Å². The van der Waals surface area contributed by atoms with E-state index in [0.717, 1.165) is 4.68 Å². The van der Waals surface area contributed by atoms with Crippen LogP contribution < -0.4 is 11.3 Å². The number of nitrogens with two attached hydrogens (primary N) is 1. The Hall–Kier alpha value is -2.37. The smallest absolute Gasteiger partial charge is 0.271 e. The van der Waals surface area contributed by atoms with Crippen molar-refractivity contribution >= 4 is 28.9 Å². The molecule has 2 aromatic carbocycles. The van der Waals surface area contributed by atoms with Crippen molar-refractivity contribution in [2.45, 2.75) is 6.42 Å². The van der Waals surface area contributed by atoms with Crippen molar-refractivity contribution in [3.05, 3.63) is 86.0 Å². The van der Waals surface area contributed by atoms with Gasteiger partial charge in [-0.15, -0.1) is 0 Å². The molecule has 7 heteroatoms. The molecule has 0 unspecified atom stereocenters. The minimum atomic E-state index is -0.448. The maximum absolute atomic E-state index is 13.4. The Kier molecular flexibility index (Phi) is 4.55. The van der Waals surface area contributed by atoms with E-state index in [0.29, 0.717) is 39.1 Å². The lowest BCUT2D eigenvalue weighted by molar-refractivity contribution is 0.624. The van der Waals surface area contributed by atoms with Crippen molar-refractivity contribution in [2.24, 2.45) is 0 Å². The molecule has 1 heterocycles. The van der Waals surface area contributed by atoms with Crippen LogP contribution in [0.5, 0.6) is 0 Å². The number of benzene rings is 2. The van der Waals surface area contributed by atoms with Crippen molar-refractivity contribution in [1.29, 1.82) is 0 Å². The second kappa shape index (κ2) is 6.63. The lowest BCUT2D eigenvalue weighted by Gasteiger charge is -2.10. The maximum Gasteiger partial charge on any atom is 0.271 e. The molecule has 0 atom stereocenters. The third-order valence-electron chi connectivity index (χ3n) is 3.43. The average molecular weight is 364 g/mol. The summed E-state index contributed by atoms with van der Waals surface area (Å²) in [5.41, 5.74) is 7.36.